The van der Waals surface area contributed by atoms with Crippen LogP contribution in [0.25, 0.3) is 22.3 Å². The van der Waals surface area contributed by atoms with Gasteiger partial charge >= 0.3 is 0 Å². The first-order chi connectivity index (χ1) is 13.0. The number of hydrogen-bond donors (Lipinski definition) is 3. The number of nitrogens with zero attached hydrogens (tertiary/aromatic N) is 2. The van der Waals surface area contributed by atoms with E-state index in [1.807, 2.05) is 36.4 Å². The van der Waals surface area contributed by atoms with E-state index < -0.39 is 17.9 Å². The summed E-state index contributed by atoms with van der Waals surface area (Å²) in [6, 6.07) is 13.4. The van der Waals surface area contributed by atoms with Gasteiger partial charge < -0.3 is 10.3 Å². The molecule has 3 aromatic heterocycles. The average Bonchev–Trinajstić information content (AvgIpc) is 3.25. The molecule has 0 spiro atoms. The number of nitrogens with one attached hydrogen (secondary N) is 3. The molecule has 6 nitrogen and oxygen atoms in total. The van der Waals surface area contributed by atoms with Crippen LogP contribution in [-0.2, 0) is 0 Å². The number of carbonyl (C=O) groups excluding carboxylic acids is 1. The number of pyridine rings is 1. The van der Waals surface area contributed by atoms with Crippen LogP contribution in [-0.4, -0.2) is 26.1 Å². The van der Waals surface area contributed by atoms with Crippen molar-refractivity contribution in [3.63, 3.8) is 0 Å². The van der Waals surface area contributed by atoms with E-state index in [0.29, 0.717) is 11.3 Å². The topological polar surface area (TPSA) is 86.5 Å². The van der Waals surface area contributed by atoms with Crippen LogP contribution < -0.4 is 5.32 Å². The molecule has 0 unspecified atom stereocenters. The third-order valence-electron chi connectivity index (χ3n) is 4.24. The Hall–Kier alpha value is -3.55. The van der Waals surface area contributed by atoms with E-state index >= 15 is 0 Å². The monoisotopic (exact) mass is 367 g/mol. The molecule has 0 saturated heterocycles. The quantitative estimate of drug-likeness (QED) is 0.498. The maximum absolute atomic E-state index is 13.1. The lowest BCUT2D eigenvalue weighted by atomic mass is 10.1. The smallest absolute Gasteiger partial charge is 0.276 e. The van der Waals surface area contributed by atoms with Crippen molar-refractivity contribution >= 4 is 22.6 Å². The van der Waals surface area contributed by atoms with Crippen molar-refractivity contribution in [2.75, 3.05) is 5.32 Å². The number of fused-ring (bicyclic) bond motifs is 1. The number of benzene rings is 1. The van der Waals surface area contributed by atoms with Crippen LogP contribution in [0.5, 0.6) is 0 Å². The lowest BCUT2D eigenvalue weighted by Gasteiger charge is -2.05. The van der Waals surface area contributed by atoms with Crippen LogP contribution in [0.1, 0.15) is 28.2 Å². The van der Waals surface area contributed by atoms with Gasteiger partial charge in [0.25, 0.3) is 12.3 Å². The Morgan fingerprint density at radius 1 is 1.19 bits per heavy atom. The van der Waals surface area contributed by atoms with E-state index in [9.17, 15) is 13.6 Å². The predicted molar refractivity (Wildman–Crippen MR) is 97.8 cm³/mol. The van der Waals surface area contributed by atoms with E-state index in [2.05, 4.69) is 25.5 Å². The predicted octanol–water partition coefficient (Wildman–Crippen LogP) is 4.45. The molecule has 3 N–H and O–H groups in total. The number of hydrogen-bond acceptors (Lipinski definition) is 3. The number of halogens is 2. The standard InChI is InChI=1S/C19H15F2N5O/c1-10-15(17(20)21)16(26-25-10)19(27)23-13-7-12-8-14(24-18(12)22-9-13)11-5-3-2-4-6-11/h2-9,17H,1H3,(H,22,24)(H,23,27)(H,25,26). The van der Waals surface area contributed by atoms with Crippen LogP contribution in [0.4, 0.5) is 14.5 Å². The highest BCUT2D eigenvalue weighted by Crippen LogP contribution is 2.27. The minimum absolute atomic E-state index is 0.168. The summed E-state index contributed by atoms with van der Waals surface area (Å²) >= 11 is 0. The molecule has 27 heavy (non-hydrogen) atoms. The number of amides is 1. The number of alkyl halides is 2. The SMILES string of the molecule is Cc1[nH]nc(C(=O)Nc2cnc3[nH]c(-c4ccccc4)cc3c2)c1C(F)F. The molecular formula is C19H15F2N5O. The summed E-state index contributed by atoms with van der Waals surface area (Å²) in [5, 5.41) is 9.49. The minimum Gasteiger partial charge on any atom is -0.339 e. The van der Waals surface area contributed by atoms with Crippen molar-refractivity contribution < 1.29 is 13.6 Å². The zero-order valence-corrected chi connectivity index (χ0v) is 14.3. The number of H-pyrrole nitrogens is 2. The number of aromatic nitrogens is 4. The summed E-state index contributed by atoms with van der Waals surface area (Å²) in [7, 11) is 0. The fourth-order valence-corrected chi connectivity index (χ4v) is 2.93. The van der Waals surface area contributed by atoms with E-state index in [1.54, 1.807) is 6.07 Å². The number of aryl methyl sites for hydroxylation is 1. The summed E-state index contributed by atoms with van der Waals surface area (Å²) in [5.41, 5.74) is 2.42. The van der Waals surface area contributed by atoms with Gasteiger partial charge in [0.15, 0.2) is 5.69 Å². The van der Waals surface area contributed by atoms with Crippen LogP contribution in [0.3, 0.4) is 0 Å². The molecule has 136 valence electrons. The molecule has 1 aromatic carbocycles. The van der Waals surface area contributed by atoms with Gasteiger partial charge in [-0.3, -0.25) is 9.89 Å². The Kier molecular flexibility index (Phi) is 4.15. The second-order valence-corrected chi connectivity index (χ2v) is 6.08. The fourth-order valence-electron chi connectivity index (χ4n) is 2.93. The van der Waals surface area contributed by atoms with Crippen molar-refractivity contribution in [1.82, 2.24) is 20.2 Å². The van der Waals surface area contributed by atoms with Crippen LogP contribution in [0.15, 0.2) is 48.7 Å². The summed E-state index contributed by atoms with van der Waals surface area (Å²) in [4.78, 5) is 19.9. The molecule has 3 heterocycles. The van der Waals surface area contributed by atoms with Crippen LogP contribution in [0.2, 0.25) is 0 Å². The first kappa shape index (κ1) is 16.9. The Balaban J connectivity index is 1.62. The molecule has 0 radical (unpaired) electrons. The zero-order chi connectivity index (χ0) is 19.0. The maximum Gasteiger partial charge on any atom is 0.276 e. The van der Waals surface area contributed by atoms with Gasteiger partial charge in [0.1, 0.15) is 5.65 Å². The third kappa shape index (κ3) is 3.17. The molecule has 1 amide bonds. The molecule has 0 fully saturated rings. The summed E-state index contributed by atoms with van der Waals surface area (Å²) in [6.07, 6.45) is -1.32. The van der Waals surface area contributed by atoms with Crippen molar-refractivity contribution in [2.45, 2.75) is 13.3 Å². The first-order valence-corrected chi connectivity index (χ1v) is 8.21. The van der Waals surface area contributed by atoms with Crippen molar-refractivity contribution in [2.24, 2.45) is 0 Å². The Morgan fingerprint density at radius 3 is 2.70 bits per heavy atom. The van der Waals surface area contributed by atoms with Crippen LogP contribution >= 0.6 is 0 Å². The lowest BCUT2D eigenvalue weighted by molar-refractivity contribution is 0.100. The minimum atomic E-state index is -2.79. The van der Waals surface area contributed by atoms with E-state index in [4.69, 9.17) is 0 Å². The van der Waals surface area contributed by atoms with Gasteiger partial charge in [0.2, 0.25) is 0 Å². The molecule has 0 saturated carbocycles. The van der Waals surface area contributed by atoms with Gasteiger partial charge in [0.05, 0.1) is 17.4 Å². The van der Waals surface area contributed by atoms with Crippen LogP contribution in [0, 0.1) is 6.92 Å². The molecule has 0 aliphatic heterocycles. The molecule has 0 bridgehead atoms. The zero-order valence-electron chi connectivity index (χ0n) is 14.3. The summed E-state index contributed by atoms with van der Waals surface area (Å²) in [5.74, 6) is -0.713. The molecule has 4 aromatic rings. The molecular weight excluding hydrogens is 352 g/mol. The first-order valence-electron chi connectivity index (χ1n) is 8.21. The summed E-state index contributed by atoms with van der Waals surface area (Å²) < 4.78 is 26.3. The number of carbonyl (C=O) groups is 1. The second kappa shape index (κ2) is 6.64. The second-order valence-electron chi connectivity index (χ2n) is 6.08. The molecule has 8 heteroatoms. The molecule has 4 rings (SSSR count). The van der Waals surface area contributed by atoms with E-state index in [1.165, 1.54) is 13.1 Å². The highest BCUT2D eigenvalue weighted by atomic mass is 19.3. The maximum atomic E-state index is 13.1. The van der Waals surface area contributed by atoms with Gasteiger partial charge in [0, 0.05) is 16.8 Å². The average molecular weight is 367 g/mol. The third-order valence-corrected chi connectivity index (χ3v) is 4.24. The number of anilines is 1. The molecule has 0 atom stereocenters. The van der Waals surface area contributed by atoms with E-state index in [-0.39, 0.29) is 11.4 Å². The Morgan fingerprint density at radius 2 is 1.96 bits per heavy atom. The summed E-state index contributed by atoms with van der Waals surface area (Å²) in [6.45, 7) is 1.45. The number of aromatic amines is 2. The van der Waals surface area contributed by atoms with Gasteiger partial charge in [-0.2, -0.15) is 5.10 Å². The lowest BCUT2D eigenvalue weighted by Crippen LogP contribution is -2.15. The Bertz CT molecular complexity index is 1120. The fraction of sp³-hybridized carbons (Fsp3) is 0.105. The van der Waals surface area contributed by atoms with Gasteiger partial charge in [-0.25, -0.2) is 13.8 Å². The number of rotatable bonds is 4. The van der Waals surface area contributed by atoms with Crippen molar-refractivity contribution in [1.29, 1.82) is 0 Å². The molecule has 0 aliphatic rings. The van der Waals surface area contributed by atoms with Crippen molar-refractivity contribution in [3.8, 4) is 11.3 Å². The normalized spacial score (nSPS) is 11.3. The van der Waals surface area contributed by atoms with Gasteiger partial charge in [-0.15, -0.1) is 0 Å². The van der Waals surface area contributed by atoms with Gasteiger partial charge in [-0.1, -0.05) is 30.3 Å². The Labute approximate surface area is 152 Å². The highest BCUT2D eigenvalue weighted by Gasteiger charge is 2.24. The highest BCUT2D eigenvalue weighted by molar-refractivity contribution is 6.04. The van der Waals surface area contributed by atoms with E-state index in [0.717, 1.165) is 16.6 Å². The largest absolute Gasteiger partial charge is 0.339 e. The van der Waals surface area contributed by atoms with Gasteiger partial charge in [-0.05, 0) is 24.6 Å². The molecule has 0 aliphatic carbocycles. The van der Waals surface area contributed by atoms with Crippen molar-refractivity contribution in [3.05, 3.63) is 65.6 Å².